The fourth-order valence-electron chi connectivity index (χ4n) is 6.95. The zero-order chi connectivity index (χ0) is 21.3. The van der Waals surface area contributed by atoms with Crippen LogP contribution < -0.4 is 0 Å². The first-order chi connectivity index (χ1) is 15.0. The molecule has 0 saturated heterocycles. The number of allylic oxidation sites excluding steroid dienone is 2. The third kappa shape index (κ3) is 2.72. The van der Waals surface area contributed by atoms with E-state index in [1.165, 1.54) is 58.0 Å². The van der Waals surface area contributed by atoms with Crippen molar-refractivity contribution in [1.82, 2.24) is 0 Å². The number of benzene rings is 3. The normalized spacial score (nSPS) is 17.4. The van der Waals surface area contributed by atoms with Crippen LogP contribution in [0, 0.1) is 5.41 Å². The summed E-state index contributed by atoms with van der Waals surface area (Å²) in [6, 6.07) is 20.6. The third-order valence-corrected chi connectivity index (χ3v) is 8.76. The molecule has 0 amide bonds. The molecule has 0 nitrogen and oxygen atoms in total. The molecule has 0 aliphatic heterocycles. The highest BCUT2D eigenvalue weighted by molar-refractivity contribution is 9.10. The summed E-state index contributed by atoms with van der Waals surface area (Å²) in [5, 5.41) is 0. The van der Waals surface area contributed by atoms with Crippen LogP contribution in [-0.4, -0.2) is 0 Å². The van der Waals surface area contributed by atoms with Gasteiger partial charge in [-0.05, 0) is 95.2 Å². The molecule has 0 radical (unpaired) electrons. The largest absolute Gasteiger partial charge is 0.0645 e. The van der Waals surface area contributed by atoms with E-state index in [9.17, 15) is 0 Å². The summed E-state index contributed by atoms with van der Waals surface area (Å²) >= 11 is 3.96. The van der Waals surface area contributed by atoms with Gasteiger partial charge in [-0.15, -0.1) is 0 Å². The molecule has 0 N–H and O–H groups in total. The monoisotopic (exact) mass is 468 g/mol. The van der Waals surface area contributed by atoms with Crippen molar-refractivity contribution in [2.45, 2.75) is 58.8 Å². The molecule has 6 rings (SSSR count). The van der Waals surface area contributed by atoms with Crippen LogP contribution in [0.3, 0.4) is 0 Å². The summed E-state index contributed by atoms with van der Waals surface area (Å²) < 4.78 is 1.33. The first-order valence-corrected chi connectivity index (χ1v) is 12.5. The average Bonchev–Trinajstić information content (AvgIpc) is 3.29. The fourth-order valence-corrected chi connectivity index (χ4v) is 7.61. The molecular weight excluding hydrogens is 440 g/mol. The molecule has 3 aliphatic rings. The highest BCUT2D eigenvalue weighted by Crippen LogP contribution is 2.59. The van der Waals surface area contributed by atoms with E-state index in [4.69, 9.17) is 0 Å². The van der Waals surface area contributed by atoms with Gasteiger partial charge in [-0.1, -0.05) is 83.9 Å². The van der Waals surface area contributed by atoms with Crippen LogP contribution in [0.25, 0.3) is 16.7 Å². The number of halogens is 1. The summed E-state index contributed by atoms with van der Waals surface area (Å²) in [4.78, 5) is 0. The Hall–Kier alpha value is -2.12. The summed E-state index contributed by atoms with van der Waals surface area (Å²) in [6.07, 6.45) is 6.25. The molecule has 31 heavy (non-hydrogen) atoms. The highest BCUT2D eigenvalue weighted by Gasteiger charge is 2.44. The van der Waals surface area contributed by atoms with Gasteiger partial charge in [-0.2, -0.15) is 0 Å². The molecule has 0 atom stereocenters. The lowest BCUT2D eigenvalue weighted by Gasteiger charge is -2.37. The van der Waals surface area contributed by atoms with E-state index < -0.39 is 0 Å². The molecule has 0 bridgehead atoms. The van der Waals surface area contributed by atoms with Gasteiger partial charge in [-0.3, -0.25) is 0 Å². The van der Waals surface area contributed by atoms with Crippen molar-refractivity contribution in [1.29, 1.82) is 0 Å². The van der Waals surface area contributed by atoms with Gasteiger partial charge in [0, 0.05) is 15.8 Å². The van der Waals surface area contributed by atoms with Gasteiger partial charge in [0.15, 0.2) is 0 Å². The Bertz CT molecular complexity index is 1210. The van der Waals surface area contributed by atoms with E-state index in [2.05, 4.69) is 91.3 Å². The van der Waals surface area contributed by atoms with Crippen LogP contribution in [0.1, 0.15) is 72.9 Å². The Balaban J connectivity index is 1.55. The van der Waals surface area contributed by atoms with Crippen LogP contribution in [0.2, 0.25) is 0 Å². The molecule has 3 aromatic rings. The molecule has 1 heteroatoms. The standard InChI is InChI=1S/C30H29Br/c1-18-16-25-21-12-4-7-13-22(21)27(31)17-26(25)28(18)30(2,3)29-23-14-8-5-10-19(23)20-11-6-9-15-24(20)29/h5-6,8-11,14-15,17,29H,4,7,12-13,16H2,1-3H3. The van der Waals surface area contributed by atoms with E-state index in [0.717, 1.165) is 6.42 Å². The van der Waals surface area contributed by atoms with Crippen LogP contribution in [0.4, 0.5) is 0 Å². The number of hydrogen-bond donors (Lipinski definition) is 0. The summed E-state index contributed by atoms with van der Waals surface area (Å²) in [7, 11) is 0. The number of hydrogen-bond acceptors (Lipinski definition) is 0. The molecular formula is C30H29Br. The van der Waals surface area contributed by atoms with Gasteiger partial charge >= 0.3 is 0 Å². The van der Waals surface area contributed by atoms with Crippen LogP contribution in [-0.2, 0) is 19.3 Å². The van der Waals surface area contributed by atoms with Crippen LogP contribution in [0.15, 0.2) is 64.6 Å². The van der Waals surface area contributed by atoms with E-state index >= 15 is 0 Å². The van der Waals surface area contributed by atoms with Gasteiger partial charge < -0.3 is 0 Å². The molecule has 0 heterocycles. The summed E-state index contributed by atoms with van der Waals surface area (Å²) in [6.45, 7) is 7.35. The van der Waals surface area contributed by atoms with Crippen molar-refractivity contribution < 1.29 is 0 Å². The number of rotatable bonds is 2. The van der Waals surface area contributed by atoms with Crippen LogP contribution >= 0.6 is 15.9 Å². The Labute approximate surface area is 194 Å². The molecule has 0 aromatic heterocycles. The predicted molar refractivity (Wildman–Crippen MR) is 135 cm³/mol. The first kappa shape index (κ1) is 19.6. The molecule has 0 unspecified atom stereocenters. The Morgan fingerprint density at radius 1 is 0.774 bits per heavy atom. The molecule has 3 aromatic carbocycles. The van der Waals surface area contributed by atoms with Crippen molar-refractivity contribution in [2.75, 3.05) is 0 Å². The molecule has 0 spiro atoms. The zero-order valence-electron chi connectivity index (χ0n) is 18.7. The smallest absolute Gasteiger partial charge is 0.0216 e. The molecule has 0 saturated carbocycles. The second-order valence-corrected chi connectivity index (χ2v) is 11.1. The SMILES string of the molecule is CC1=C(C(C)(C)C2c3ccccc3-c3ccccc32)c2cc(Br)c3c(c2C1)CCCC3. The van der Waals surface area contributed by atoms with Gasteiger partial charge in [0.25, 0.3) is 0 Å². The van der Waals surface area contributed by atoms with E-state index in [-0.39, 0.29) is 5.41 Å². The Kier molecular flexibility index (Phi) is 4.38. The van der Waals surface area contributed by atoms with Gasteiger partial charge in [-0.25, -0.2) is 0 Å². The molecule has 156 valence electrons. The van der Waals surface area contributed by atoms with E-state index in [1.54, 1.807) is 27.8 Å². The average molecular weight is 469 g/mol. The van der Waals surface area contributed by atoms with Gasteiger partial charge in [0.05, 0.1) is 0 Å². The van der Waals surface area contributed by atoms with Gasteiger partial charge in [0.2, 0.25) is 0 Å². The fraction of sp³-hybridized carbons (Fsp3) is 0.333. The lowest BCUT2D eigenvalue weighted by Crippen LogP contribution is -2.24. The summed E-state index contributed by atoms with van der Waals surface area (Å²) in [5.74, 6) is 0.380. The quantitative estimate of drug-likeness (QED) is 0.353. The lowest BCUT2D eigenvalue weighted by atomic mass is 9.66. The highest BCUT2D eigenvalue weighted by atomic mass is 79.9. The van der Waals surface area contributed by atoms with Gasteiger partial charge in [0.1, 0.15) is 0 Å². The van der Waals surface area contributed by atoms with Crippen molar-refractivity contribution in [2.24, 2.45) is 5.41 Å². The van der Waals surface area contributed by atoms with Crippen molar-refractivity contribution in [3.05, 3.63) is 98.0 Å². The topological polar surface area (TPSA) is 0 Å². The van der Waals surface area contributed by atoms with Crippen molar-refractivity contribution >= 4 is 21.5 Å². The Morgan fingerprint density at radius 3 is 2.00 bits per heavy atom. The first-order valence-electron chi connectivity index (χ1n) is 11.7. The number of fused-ring (bicyclic) bond motifs is 6. The van der Waals surface area contributed by atoms with Crippen molar-refractivity contribution in [3.8, 4) is 11.1 Å². The minimum atomic E-state index is 0.0143. The maximum Gasteiger partial charge on any atom is 0.0216 e. The predicted octanol–water partition coefficient (Wildman–Crippen LogP) is 8.50. The van der Waals surface area contributed by atoms with Crippen LogP contribution in [0.5, 0.6) is 0 Å². The molecule has 0 fully saturated rings. The van der Waals surface area contributed by atoms with E-state index in [0.29, 0.717) is 5.92 Å². The molecule has 3 aliphatic carbocycles. The second-order valence-electron chi connectivity index (χ2n) is 10.2. The minimum Gasteiger partial charge on any atom is -0.0645 e. The van der Waals surface area contributed by atoms with Crippen molar-refractivity contribution in [3.63, 3.8) is 0 Å². The minimum absolute atomic E-state index is 0.0143. The zero-order valence-corrected chi connectivity index (χ0v) is 20.3. The third-order valence-electron chi connectivity index (χ3n) is 8.05. The van der Waals surface area contributed by atoms with E-state index in [1.807, 2.05) is 0 Å². The maximum atomic E-state index is 3.96. The lowest BCUT2D eigenvalue weighted by molar-refractivity contribution is 0.440. The second kappa shape index (κ2) is 6.94. The summed E-state index contributed by atoms with van der Waals surface area (Å²) in [5.41, 5.74) is 15.3. The maximum absolute atomic E-state index is 3.96. The Morgan fingerprint density at radius 2 is 1.35 bits per heavy atom.